The van der Waals surface area contributed by atoms with Gasteiger partial charge in [-0.15, -0.1) is 0 Å². The maximum absolute atomic E-state index is 13.3. The third-order valence-electron chi connectivity index (χ3n) is 4.76. The Labute approximate surface area is 166 Å². The minimum absolute atomic E-state index is 0.111. The standard InChI is InChI=1S/C20H18ClFN4O2/c1-25(2)15-6-3-12(4-7-15)20-23-19(24-28-20)13-9-18(27)26(11-13)17-8-5-14(22)10-16(17)21/h3-8,10,13H,9,11H2,1-2H3. The van der Waals surface area contributed by atoms with Crippen LogP contribution < -0.4 is 9.80 Å². The van der Waals surface area contributed by atoms with Crippen LogP contribution in [-0.4, -0.2) is 36.7 Å². The van der Waals surface area contributed by atoms with Gasteiger partial charge in [-0.3, -0.25) is 4.79 Å². The molecule has 0 aliphatic carbocycles. The van der Waals surface area contributed by atoms with Gasteiger partial charge in [-0.2, -0.15) is 4.98 Å². The Morgan fingerprint density at radius 2 is 1.96 bits per heavy atom. The van der Waals surface area contributed by atoms with E-state index in [1.807, 2.05) is 43.3 Å². The Morgan fingerprint density at radius 3 is 2.64 bits per heavy atom. The van der Waals surface area contributed by atoms with E-state index in [1.165, 1.54) is 23.1 Å². The third kappa shape index (κ3) is 3.45. The maximum Gasteiger partial charge on any atom is 0.257 e. The molecule has 1 aliphatic rings. The van der Waals surface area contributed by atoms with Gasteiger partial charge in [0.1, 0.15) is 5.82 Å². The molecular weight excluding hydrogens is 383 g/mol. The van der Waals surface area contributed by atoms with Gasteiger partial charge < -0.3 is 14.3 Å². The molecule has 1 saturated heterocycles. The number of hydrogen-bond acceptors (Lipinski definition) is 5. The number of rotatable bonds is 4. The van der Waals surface area contributed by atoms with Crippen LogP contribution in [0.3, 0.4) is 0 Å². The summed E-state index contributed by atoms with van der Waals surface area (Å²) < 4.78 is 18.7. The second-order valence-corrected chi connectivity index (χ2v) is 7.31. The Bertz CT molecular complexity index is 1020. The van der Waals surface area contributed by atoms with Crippen LogP contribution in [0.25, 0.3) is 11.5 Å². The lowest BCUT2D eigenvalue weighted by molar-refractivity contribution is -0.117. The number of aromatic nitrogens is 2. The predicted molar refractivity (Wildman–Crippen MR) is 105 cm³/mol. The van der Waals surface area contributed by atoms with Crippen LogP contribution in [0.5, 0.6) is 0 Å². The van der Waals surface area contributed by atoms with E-state index in [9.17, 15) is 9.18 Å². The van der Waals surface area contributed by atoms with Crippen LogP contribution in [0, 0.1) is 5.82 Å². The number of halogens is 2. The van der Waals surface area contributed by atoms with Crippen molar-refractivity contribution < 1.29 is 13.7 Å². The van der Waals surface area contributed by atoms with Crippen molar-refractivity contribution in [2.45, 2.75) is 12.3 Å². The summed E-state index contributed by atoms with van der Waals surface area (Å²) in [5.74, 6) is 0.110. The highest BCUT2D eigenvalue weighted by molar-refractivity contribution is 6.33. The largest absolute Gasteiger partial charge is 0.378 e. The molecule has 1 amide bonds. The van der Waals surface area contributed by atoms with E-state index >= 15 is 0 Å². The summed E-state index contributed by atoms with van der Waals surface area (Å²) in [5, 5.41) is 4.26. The first-order valence-electron chi connectivity index (χ1n) is 8.79. The Morgan fingerprint density at radius 1 is 1.21 bits per heavy atom. The van der Waals surface area contributed by atoms with Crippen molar-refractivity contribution in [3.8, 4) is 11.5 Å². The van der Waals surface area contributed by atoms with Crippen molar-refractivity contribution in [1.29, 1.82) is 0 Å². The van der Waals surface area contributed by atoms with Gasteiger partial charge in [-0.1, -0.05) is 16.8 Å². The van der Waals surface area contributed by atoms with Crippen molar-refractivity contribution in [2.24, 2.45) is 0 Å². The molecule has 1 unspecified atom stereocenters. The molecule has 0 saturated carbocycles. The number of benzene rings is 2. The topological polar surface area (TPSA) is 62.5 Å². The van der Waals surface area contributed by atoms with Gasteiger partial charge in [0.25, 0.3) is 5.89 Å². The number of nitrogens with zero attached hydrogens (tertiary/aromatic N) is 4. The van der Waals surface area contributed by atoms with Crippen molar-refractivity contribution in [1.82, 2.24) is 10.1 Å². The van der Waals surface area contributed by atoms with E-state index in [1.54, 1.807) is 0 Å². The SMILES string of the molecule is CN(C)c1ccc(-c2nc(C3CC(=O)N(c4ccc(F)cc4Cl)C3)no2)cc1. The molecule has 6 nitrogen and oxygen atoms in total. The van der Waals surface area contributed by atoms with Crippen LogP contribution >= 0.6 is 11.6 Å². The van der Waals surface area contributed by atoms with Crippen LogP contribution in [0.4, 0.5) is 15.8 Å². The van der Waals surface area contributed by atoms with Crippen molar-refractivity contribution in [3.05, 3.63) is 59.1 Å². The summed E-state index contributed by atoms with van der Waals surface area (Å²) in [4.78, 5) is 20.5. The van der Waals surface area contributed by atoms with Crippen molar-refractivity contribution in [3.63, 3.8) is 0 Å². The monoisotopic (exact) mass is 400 g/mol. The van der Waals surface area contributed by atoms with Crippen LogP contribution in [0.15, 0.2) is 47.0 Å². The fourth-order valence-corrected chi connectivity index (χ4v) is 3.50. The first-order valence-corrected chi connectivity index (χ1v) is 9.17. The number of hydrogen-bond donors (Lipinski definition) is 0. The molecule has 3 aromatic rings. The zero-order valence-corrected chi connectivity index (χ0v) is 16.2. The minimum Gasteiger partial charge on any atom is -0.378 e. The Hall–Kier alpha value is -2.93. The smallest absolute Gasteiger partial charge is 0.257 e. The highest BCUT2D eigenvalue weighted by Gasteiger charge is 2.35. The van der Waals surface area contributed by atoms with Crippen LogP contribution in [-0.2, 0) is 4.79 Å². The third-order valence-corrected chi connectivity index (χ3v) is 5.07. The van der Waals surface area contributed by atoms with Gasteiger partial charge in [-0.25, -0.2) is 4.39 Å². The molecule has 144 valence electrons. The number of anilines is 2. The lowest BCUT2D eigenvalue weighted by atomic mass is 10.1. The van der Waals surface area contributed by atoms with E-state index in [0.717, 1.165) is 11.3 Å². The molecule has 0 spiro atoms. The molecule has 8 heteroatoms. The van der Waals surface area contributed by atoms with E-state index in [0.29, 0.717) is 23.9 Å². The van der Waals surface area contributed by atoms with Gasteiger partial charge in [0, 0.05) is 44.2 Å². The summed E-state index contributed by atoms with van der Waals surface area (Å²) in [7, 11) is 3.94. The predicted octanol–water partition coefficient (Wildman–Crippen LogP) is 4.12. The highest BCUT2D eigenvalue weighted by atomic mass is 35.5. The first-order chi connectivity index (χ1) is 13.4. The van der Waals surface area contributed by atoms with Gasteiger partial charge in [0.15, 0.2) is 5.82 Å². The van der Waals surface area contributed by atoms with Gasteiger partial charge in [-0.05, 0) is 42.5 Å². The van der Waals surface area contributed by atoms with Crippen molar-refractivity contribution in [2.75, 3.05) is 30.4 Å². The lowest BCUT2D eigenvalue weighted by Gasteiger charge is -2.17. The molecule has 0 N–H and O–H groups in total. The Kier molecular flexibility index (Phi) is 4.77. The summed E-state index contributed by atoms with van der Waals surface area (Å²) in [6.45, 7) is 0.364. The molecule has 2 heterocycles. The first kappa shape index (κ1) is 18.4. The molecule has 1 fully saturated rings. The summed E-state index contributed by atoms with van der Waals surface area (Å²) >= 11 is 6.10. The summed E-state index contributed by atoms with van der Waals surface area (Å²) in [6.07, 6.45) is 0.242. The number of carbonyl (C=O) groups excluding carboxylic acids is 1. The Balaban J connectivity index is 1.54. The maximum atomic E-state index is 13.3. The zero-order valence-electron chi connectivity index (χ0n) is 15.4. The number of carbonyl (C=O) groups is 1. The fraction of sp³-hybridized carbons (Fsp3) is 0.250. The van der Waals surface area contributed by atoms with E-state index in [4.69, 9.17) is 16.1 Å². The van der Waals surface area contributed by atoms with E-state index in [-0.39, 0.29) is 23.3 Å². The van der Waals surface area contributed by atoms with Gasteiger partial charge in [0.05, 0.1) is 10.7 Å². The highest BCUT2D eigenvalue weighted by Crippen LogP contribution is 2.35. The van der Waals surface area contributed by atoms with Crippen LogP contribution in [0.2, 0.25) is 5.02 Å². The average molecular weight is 401 g/mol. The molecule has 0 radical (unpaired) electrons. The number of amides is 1. The lowest BCUT2D eigenvalue weighted by Crippen LogP contribution is -2.24. The summed E-state index contributed by atoms with van der Waals surface area (Å²) in [5.41, 5.74) is 2.36. The summed E-state index contributed by atoms with van der Waals surface area (Å²) in [6, 6.07) is 11.8. The molecule has 1 atom stereocenters. The molecule has 2 aromatic carbocycles. The van der Waals surface area contributed by atoms with Gasteiger partial charge >= 0.3 is 0 Å². The second-order valence-electron chi connectivity index (χ2n) is 6.90. The molecule has 0 bridgehead atoms. The molecule has 1 aliphatic heterocycles. The molecular formula is C20H18ClFN4O2. The normalized spacial score (nSPS) is 16.6. The molecule has 28 heavy (non-hydrogen) atoms. The second kappa shape index (κ2) is 7.24. The minimum atomic E-state index is -0.444. The zero-order chi connectivity index (χ0) is 19.8. The molecule has 1 aromatic heterocycles. The van der Waals surface area contributed by atoms with E-state index in [2.05, 4.69) is 10.1 Å². The van der Waals surface area contributed by atoms with Gasteiger partial charge in [0.2, 0.25) is 5.91 Å². The average Bonchev–Trinajstić information content (AvgIpc) is 3.29. The fourth-order valence-electron chi connectivity index (χ4n) is 3.23. The molecule has 4 rings (SSSR count). The van der Waals surface area contributed by atoms with E-state index < -0.39 is 5.82 Å². The van der Waals surface area contributed by atoms with Crippen LogP contribution in [0.1, 0.15) is 18.2 Å². The van der Waals surface area contributed by atoms with Crippen molar-refractivity contribution >= 4 is 28.9 Å². The quantitative estimate of drug-likeness (QED) is 0.659.